The lowest BCUT2D eigenvalue weighted by Crippen LogP contribution is -2.25. The Balaban J connectivity index is 3.05. The van der Waals surface area contributed by atoms with Gasteiger partial charge in [-0.1, -0.05) is 39.1 Å². The van der Waals surface area contributed by atoms with Gasteiger partial charge in [-0.2, -0.15) is 0 Å². The van der Waals surface area contributed by atoms with E-state index in [1.54, 1.807) is 0 Å². The number of nitrogens with one attached hydrogen (secondary N) is 1. The van der Waals surface area contributed by atoms with E-state index in [2.05, 4.69) is 20.7 Å². The van der Waals surface area contributed by atoms with Crippen LogP contribution in [0.4, 0.5) is 0 Å². The predicted octanol–water partition coefficient (Wildman–Crippen LogP) is 2.67. The van der Waals surface area contributed by atoms with Gasteiger partial charge in [0.15, 0.2) is 0 Å². The Morgan fingerprint density at radius 2 is 2.00 bits per heavy atom. The molecule has 0 unspecified atom stereocenters. The Bertz CT molecular complexity index is 450. The highest BCUT2D eigenvalue weighted by Gasteiger charge is 2.16. The molecule has 0 spiro atoms. The molecule has 0 aliphatic carbocycles. The molecule has 15 heavy (non-hydrogen) atoms. The van der Waals surface area contributed by atoms with Crippen molar-refractivity contribution in [2.75, 3.05) is 11.9 Å². The summed E-state index contributed by atoms with van der Waals surface area (Å²) in [6, 6.07) is 4.25. The summed E-state index contributed by atoms with van der Waals surface area (Å²) in [7, 11) is -3.54. The smallest absolute Gasteiger partial charge is 0.210 e. The van der Waals surface area contributed by atoms with Gasteiger partial charge in [-0.15, -0.1) is 0 Å². The molecule has 0 saturated carbocycles. The zero-order valence-corrected chi connectivity index (χ0v) is 11.4. The fraction of sp³-hybridized carbons (Fsp3) is 0.250. The summed E-state index contributed by atoms with van der Waals surface area (Å²) in [6.07, 6.45) is 0. The summed E-state index contributed by atoms with van der Waals surface area (Å²) in [6.45, 7) is 0.307. The Kier molecular flexibility index (Phi) is 4.86. The largest absolute Gasteiger partial charge is 0.242 e. The molecule has 0 heterocycles. The summed E-state index contributed by atoms with van der Waals surface area (Å²) in [5.74, 6) is 0. The summed E-state index contributed by atoms with van der Waals surface area (Å²) in [5.41, 5.74) is 0. The van der Waals surface area contributed by atoms with Gasteiger partial charge < -0.3 is 0 Å². The maximum atomic E-state index is 11.7. The second-order valence-electron chi connectivity index (χ2n) is 2.66. The van der Waals surface area contributed by atoms with Crippen LogP contribution in [0, 0.1) is 0 Å². The van der Waals surface area contributed by atoms with Crippen LogP contribution < -0.4 is 4.72 Å². The number of halogens is 3. The molecule has 0 aliphatic rings. The van der Waals surface area contributed by atoms with Crippen LogP contribution >= 0.6 is 39.1 Å². The van der Waals surface area contributed by atoms with Crippen molar-refractivity contribution in [3.8, 4) is 0 Å². The Hall–Kier alpha value is 0.190. The molecular weight excluding hydrogens is 325 g/mol. The lowest BCUT2D eigenvalue weighted by Gasteiger charge is -2.06. The van der Waals surface area contributed by atoms with Crippen molar-refractivity contribution in [2.24, 2.45) is 0 Å². The standard InChI is InChI=1S/C8H8BrCl2NO2S/c9-3-4-12-15(13,14)8-2-1-6(10)5-7(8)11/h1-2,5,12H,3-4H2. The zero-order chi connectivity index (χ0) is 11.5. The molecule has 0 amide bonds. The van der Waals surface area contributed by atoms with Crippen LogP contribution in [0.3, 0.4) is 0 Å². The number of hydrogen-bond acceptors (Lipinski definition) is 2. The monoisotopic (exact) mass is 331 g/mol. The molecule has 1 N–H and O–H groups in total. The minimum absolute atomic E-state index is 0.0366. The molecule has 3 nitrogen and oxygen atoms in total. The lowest BCUT2D eigenvalue weighted by molar-refractivity contribution is 0.584. The van der Waals surface area contributed by atoms with E-state index in [0.717, 1.165) is 0 Å². The molecule has 7 heteroatoms. The second kappa shape index (κ2) is 5.50. The van der Waals surface area contributed by atoms with Crippen molar-refractivity contribution in [3.05, 3.63) is 28.2 Å². The molecule has 1 aromatic rings. The van der Waals surface area contributed by atoms with Crippen molar-refractivity contribution in [1.29, 1.82) is 0 Å². The second-order valence-corrected chi connectivity index (χ2v) is 6.03. The van der Waals surface area contributed by atoms with Crippen molar-refractivity contribution < 1.29 is 8.42 Å². The normalized spacial score (nSPS) is 11.7. The molecule has 0 saturated heterocycles. The van der Waals surface area contributed by atoms with Gasteiger partial charge in [-0.3, -0.25) is 0 Å². The van der Waals surface area contributed by atoms with Gasteiger partial charge in [0.05, 0.1) is 5.02 Å². The fourth-order valence-corrected chi connectivity index (χ4v) is 3.21. The Morgan fingerprint density at radius 1 is 1.33 bits per heavy atom. The molecule has 0 radical (unpaired) electrons. The van der Waals surface area contributed by atoms with Gasteiger partial charge in [0.2, 0.25) is 10.0 Å². The summed E-state index contributed by atoms with van der Waals surface area (Å²) >= 11 is 14.6. The van der Waals surface area contributed by atoms with Crippen molar-refractivity contribution >= 4 is 49.2 Å². The van der Waals surface area contributed by atoms with Crippen molar-refractivity contribution in [1.82, 2.24) is 4.72 Å². The van der Waals surface area contributed by atoms with E-state index in [1.165, 1.54) is 18.2 Å². The van der Waals surface area contributed by atoms with E-state index in [0.29, 0.717) is 16.9 Å². The molecule has 84 valence electrons. The van der Waals surface area contributed by atoms with Crippen LogP contribution in [0.25, 0.3) is 0 Å². The Morgan fingerprint density at radius 3 is 2.53 bits per heavy atom. The first-order valence-electron chi connectivity index (χ1n) is 3.98. The number of rotatable bonds is 4. The topological polar surface area (TPSA) is 46.2 Å². The van der Waals surface area contributed by atoms with Crippen LogP contribution in [0.2, 0.25) is 10.0 Å². The summed E-state index contributed by atoms with van der Waals surface area (Å²) in [5, 5.41) is 1.06. The van der Waals surface area contributed by atoms with E-state index in [4.69, 9.17) is 23.2 Å². The average Bonchev–Trinajstić information content (AvgIpc) is 2.14. The molecule has 0 atom stereocenters. The molecule has 0 bridgehead atoms. The third-order valence-corrected chi connectivity index (χ3v) is 4.15. The fourth-order valence-electron chi connectivity index (χ4n) is 0.944. The maximum Gasteiger partial charge on any atom is 0.242 e. The number of sulfonamides is 1. The summed E-state index contributed by atoms with van der Waals surface area (Å²) in [4.78, 5) is 0.0366. The highest BCUT2D eigenvalue weighted by Crippen LogP contribution is 2.24. The van der Waals surface area contributed by atoms with E-state index in [1.807, 2.05) is 0 Å². The van der Waals surface area contributed by atoms with Crippen molar-refractivity contribution in [2.45, 2.75) is 4.90 Å². The molecule has 0 aromatic heterocycles. The van der Waals surface area contributed by atoms with Crippen LogP contribution in [-0.2, 0) is 10.0 Å². The first kappa shape index (κ1) is 13.3. The molecular formula is C8H8BrCl2NO2S. The van der Waals surface area contributed by atoms with E-state index in [-0.39, 0.29) is 9.92 Å². The maximum absolute atomic E-state index is 11.7. The number of benzene rings is 1. The van der Waals surface area contributed by atoms with Gasteiger partial charge in [-0.05, 0) is 18.2 Å². The van der Waals surface area contributed by atoms with Gasteiger partial charge in [-0.25, -0.2) is 13.1 Å². The molecule has 0 fully saturated rings. The van der Waals surface area contributed by atoms with Crippen LogP contribution in [0.5, 0.6) is 0 Å². The molecule has 0 aliphatic heterocycles. The highest BCUT2D eigenvalue weighted by atomic mass is 79.9. The summed E-state index contributed by atoms with van der Waals surface area (Å²) < 4.78 is 25.7. The number of alkyl halides is 1. The third kappa shape index (κ3) is 3.60. The number of hydrogen-bond donors (Lipinski definition) is 1. The van der Waals surface area contributed by atoms with E-state index >= 15 is 0 Å². The Labute approximate surface area is 107 Å². The van der Waals surface area contributed by atoms with Gasteiger partial charge in [0.1, 0.15) is 4.90 Å². The van der Waals surface area contributed by atoms with Gasteiger partial charge >= 0.3 is 0 Å². The predicted molar refractivity (Wildman–Crippen MR) is 65.4 cm³/mol. The van der Waals surface area contributed by atoms with Crippen molar-refractivity contribution in [3.63, 3.8) is 0 Å². The van der Waals surface area contributed by atoms with E-state index in [9.17, 15) is 8.42 Å². The van der Waals surface area contributed by atoms with E-state index < -0.39 is 10.0 Å². The van der Waals surface area contributed by atoms with Gasteiger partial charge in [0, 0.05) is 16.9 Å². The minimum Gasteiger partial charge on any atom is -0.210 e. The third-order valence-electron chi connectivity index (χ3n) is 1.57. The molecule has 1 aromatic carbocycles. The molecule has 1 rings (SSSR count). The first-order chi connectivity index (χ1) is 6.97. The van der Waals surface area contributed by atoms with Gasteiger partial charge in [0.25, 0.3) is 0 Å². The van der Waals surface area contributed by atoms with Crippen LogP contribution in [0.1, 0.15) is 0 Å². The minimum atomic E-state index is -3.54. The zero-order valence-electron chi connectivity index (χ0n) is 7.50. The first-order valence-corrected chi connectivity index (χ1v) is 7.34. The van der Waals surface area contributed by atoms with Crippen LogP contribution in [-0.4, -0.2) is 20.3 Å². The SMILES string of the molecule is O=S(=O)(NCCBr)c1ccc(Cl)cc1Cl. The van der Waals surface area contributed by atoms with Crippen LogP contribution in [0.15, 0.2) is 23.1 Å². The highest BCUT2D eigenvalue weighted by molar-refractivity contribution is 9.09. The average molecular weight is 333 g/mol. The quantitative estimate of drug-likeness (QED) is 0.862. The lowest BCUT2D eigenvalue weighted by atomic mass is 10.4.